The van der Waals surface area contributed by atoms with Crippen LogP contribution in [-0.2, 0) is 0 Å². The molecule has 0 radical (unpaired) electrons. The first-order valence-electron chi connectivity index (χ1n) is 3.96. The molecule has 0 atom stereocenters. The Morgan fingerprint density at radius 1 is 1.36 bits per heavy atom. The number of rotatable bonds is 2. The van der Waals surface area contributed by atoms with Gasteiger partial charge in [-0.25, -0.2) is 0 Å². The van der Waals surface area contributed by atoms with E-state index in [1.165, 1.54) is 6.08 Å². The molecule has 0 unspecified atom stereocenters. The van der Waals surface area contributed by atoms with E-state index in [1.54, 1.807) is 31.4 Å². The van der Waals surface area contributed by atoms with Crippen LogP contribution in [0.15, 0.2) is 24.3 Å². The minimum absolute atomic E-state index is 0.545. The van der Waals surface area contributed by atoms with Gasteiger partial charge in [0.2, 0.25) is 0 Å². The topological polar surface area (TPSA) is 56.8 Å². The highest BCUT2D eigenvalue weighted by Crippen LogP contribution is 2.20. The van der Waals surface area contributed by atoms with E-state index < -0.39 is 0 Å². The van der Waals surface area contributed by atoms with Gasteiger partial charge >= 0.3 is 0 Å². The van der Waals surface area contributed by atoms with Crippen LogP contribution in [0.3, 0.4) is 0 Å². The molecule has 14 heavy (non-hydrogen) atoms. The summed E-state index contributed by atoms with van der Waals surface area (Å²) in [6.07, 6.45) is 2.96. The van der Waals surface area contributed by atoms with Crippen LogP contribution in [0.1, 0.15) is 11.1 Å². The van der Waals surface area contributed by atoms with E-state index in [2.05, 4.69) is 0 Å². The van der Waals surface area contributed by atoms with E-state index in [1.807, 2.05) is 12.1 Å². The lowest BCUT2D eigenvalue weighted by Crippen LogP contribution is -1.87. The van der Waals surface area contributed by atoms with Crippen molar-refractivity contribution in [3.05, 3.63) is 35.4 Å². The predicted octanol–water partition coefficient (Wildman–Crippen LogP) is 2.10. The van der Waals surface area contributed by atoms with Gasteiger partial charge in [-0.2, -0.15) is 10.5 Å². The Morgan fingerprint density at radius 2 is 2.14 bits per heavy atom. The number of allylic oxidation sites excluding steroid dienone is 1. The first kappa shape index (κ1) is 9.83. The molecule has 0 spiro atoms. The maximum Gasteiger partial charge on any atom is 0.126 e. The van der Waals surface area contributed by atoms with Crippen molar-refractivity contribution in [1.29, 1.82) is 10.5 Å². The van der Waals surface area contributed by atoms with Crippen LogP contribution in [0.5, 0.6) is 5.75 Å². The Balaban J connectivity index is 3.18. The van der Waals surface area contributed by atoms with Crippen LogP contribution in [0.2, 0.25) is 0 Å². The monoisotopic (exact) mass is 184 g/mol. The molecule has 0 saturated carbocycles. The van der Waals surface area contributed by atoms with Crippen molar-refractivity contribution in [3.63, 3.8) is 0 Å². The van der Waals surface area contributed by atoms with Crippen LogP contribution >= 0.6 is 0 Å². The van der Waals surface area contributed by atoms with Gasteiger partial charge in [-0.05, 0) is 24.3 Å². The van der Waals surface area contributed by atoms with E-state index in [-0.39, 0.29) is 0 Å². The Hall–Kier alpha value is -2.26. The van der Waals surface area contributed by atoms with Gasteiger partial charge in [0.1, 0.15) is 5.75 Å². The molecule has 0 aliphatic rings. The first-order valence-corrected chi connectivity index (χ1v) is 3.96. The third-order valence-corrected chi connectivity index (χ3v) is 1.70. The minimum Gasteiger partial charge on any atom is -0.496 e. The van der Waals surface area contributed by atoms with Gasteiger partial charge in [-0.1, -0.05) is 0 Å². The zero-order valence-corrected chi connectivity index (χ0v) is 7.69. The van der Waals surface area contributed by atoms with Crippen LogP contribution < -0.4 is 4.74 Å². The average Bonchev–Trinajstić information content (AvgIpc) is 2.25. The van der Waals surface area contributed by atoms with Gasteiger partial charge in [-0.3, -0.25) is 0 Å². The SMILES string of the molecule is COc1ccc(C#N)cc1C=CC#N. The molecule has 0 N–H and O–H groups in total. The quantitative estimate of drug-likeness (QED) is 0.661. The second-order valence-corrected chi connectivity index (χ2v) is 2.53. The summed E-state index contributed by atoms with van der Waals surface area (Å²) in [7, 11) is 1.55. The first-order chi connectivity index (χ1) is 6.81. The summed E-state index contributed by atoms with van der Waals surface area (Å²) in [5, 5.41) is 17.0. The maximum absolute atomic E-state index is 8.67. The van der Waals surface area contributed by atoms with Crippen molar-refractivity contribution >= 4 is 6.08 Å². The highest BCUT2D eigenvalue weighted by atomic mass is 16.5. The third-order valence-electron chi connectivity index (χ3n) is 1.70. The van der Waals surface area contributed by atoms with E-state index in [4.69, 9.17) is 15.3 Å². The van der Waals surface area contributed by atoms with E-state index in [0.29, 0.717) is 11.3 Å². The fraction of sp³-hybridized carbons (Fsp3) is 0.0909. The summed E-state index contributed by atoms with van der Waals surface area (Å²) in [6, 6.07) is 8.96. The lowest BCUT2D eigenvalue weighted by Gasteiger charge is -2.03. The number of hydrogen-bond donors (Lipinski definition) is 0. The average molecular weight is 184 g/mol. The molecule has 0 fully saturated rings. The molecule has 0 amide bonds. The molecule has 1 aromatic rings. The second-order valence-electron chi connectivity index (χ2n) is 2.53. The van der Waals surface area contributed by atoms with Crippen molar-refractivity contribution in [2.45, 2.75) is 0 Å². The summed E-state index contributed by atoms with van der Waals surface area (Å²) >= 11 is 0. The fourth-order valence-corrected chi connectivity index (χ4v) is 1.06. The number of nitrogens with zero attached hydrogens (tertiary/aromatic N) is 2. The van der Waals surface area contributed by atoms with Crippen molar-refractivity contribution < 1.29 is 4.74 Å². The Labute approximate surface area is 82.5 Å². The molecule has 0 heterocycles. The van der Waals surface area contributed by atoms with Crippen molar-refractivity contribution in [2.24, 2.45) is 0 Å². The van der Waals surface area contributed by atoms with Gasteiger partial charge in [0.25, 0.3) is 0 Å². The summed E-state index contributed by atoms with van der Waals surface area (Å²) < 4.78 is 5.07. The van der Waals surface area contributed by atoms with Crippen molar-refractivity contribution in [2.75, 3.05) is 7.11 Å². The molecule has 3 heteroatoms. The fourth-order valence-electron chi connectivity index (χ4n) is 1.06. The normalized spacial score (nSPS) is 9.36. The van der Waals surface area contributed by atoms with Gasteiger partial charge in [0, 0.05) is 11.6 Å². The Bertz CT molecular complexity index is 436. The van der Waals surface area contributed by atoms with Crippen molar-refractivity contribution in [1.82, 2.24) is 0 Å². The van der Waals surface area contributed by atoms with E-state index in [0.717, 1.165) is 5.56 Å². The largest absolute Gasteiger partial charge is 0.496 e. The number of hydrogen-bond acceptors (Lipinski definition) is 3. The summed E-state index contributed by atoms with van der Waals surface area (Å²) in [6.45, 7) is 0. The number of nitriles is 2. The maximum atomic E-state index is 8.67. The zero-order chi connectivity index (χ0) is 10.4. The molecule has 0 aromatic heterocycles. The van der Waals surface area contributed by atoms with E-state index in [9.17, 15) is 0 Å². The molecule has 1 rings (SSSR count). The number of benzene rings is 1. The molecular formula is C11H8N2O. The summed E-state index contributed by atoms with van der Waals surface area (Å²) in [5.41, 5.74) is 1.27. The number of methoxy groups -OCH3 is 1. The highest BCUT2D eigenvalue weighted by molar-refractivity contribution is 5.61. The van der Waals surface area contributed by atoms with Gasteiger partial charge in [0.05, 0.1) is 24.8 Å². The van der Waals surface area contributed by atoms with Gasteiger partial charge in [-0.15, -0.1) is 0 Å². The lowest BCUT2D eigenvalue weighted by atomic mass is 10.1. The third kappa shape index (κ3) is 2.12. The number of ether oxygens (including phenoxy) is 1. The second kappa shape index (κ2) is 4.69. The molecule has 3 nitrogen and oxygen atoms in total. The van der Waals surface area contributed by atoms with Crippen molar-refractivity contribution in [3.8, 4) is 17.9 Å². The molecule has 0 saturated heterocycles. The molecule has 68 valence electrons. The van der Waals surface area contributed by atoms with E-state index >= 15 is 0 Å². The minimum atomic E-state index is 0.545. The molecule has 0 bridgehead atoms. The smallest absolute Gasteiger partial charge is 0.126 e. The standard InChI is InChI=1S/C11H8N2O/c1-14-11-5-4-9(8-13)7-10(11)3-2-6-12/h2-5,7H,1H3. The van der Waals surface area contributed by atoms with Crippen LogP contribution in [-0.4, -0.2) is 7.11 Å². The summed E-state index contributed by atoms with van der Waals surface area (Å²) in [5.74, 6) is 0.649. The molecule has 0 aliphatic carbocycles. The Kier molecular flexibility index (Phi) is 3.29. The van der Waals surface area contributed by atoms with Gasteiger partial charge in [0.15, 0.2) is 0 Å². The molecule has 0 aliphatic heterocycles. The zero-order valence-electron chi connectivity index (χ0n) is 7.69. The molecular weight excluding hydrogens is 176 g/mol. The Morgan fingerprint density at radius 3 is 2.71 bits per heavy atom. The summed E-state index contributed by atoms with van der Waals surface area (Å²) in [4.78, 5) is 0. The predicted molar refractivity (Wildman–Crippen MR) is 52.4 cm³/mol. The van der Waals surface area contributed by atoms with Crippen LogP contribution in [0, 0.1) is 22.7 Å². The lowest BCUT2D eigenvalue weighted by molar-refractivity contribution is 0.414. The van der Waals surface area contributed by atoms with Crippen LogP contribution in [0.25, 0.3) is 6.08 Å². The van der Waals surface area contributed by atoms with Crippen LogP contribution in [0.4, 0.5) is 0 Å². The van der Waals surface area contributed by atoms with Gasteiger partial charge < -0.3 is 4.74 Å². The highest BCUT2D eigenvalue weighted by Gasteiger charge is 2.00. The molecule has 1 aromatic carbocycles.